The van der Waals surface area contributed by atoms with Crippen molar-refractivity contribution in [2.45, 2.75) is 38.2 Å². The van der Waals surface area contributed by atoms with Gasteiger partial charge in [0.05, 0.1) is 16.7 Å². The number of aromatic nitrogens is 2. The summed E-state index contributed by atoms with van der Waals surface area (Å²) in [6.45, 7) is -0.145. The van der Waals surface area contributed by atoms with Crippen LogP contribution in [0.15, 0.2) is 35.3 Å². The van der Waals surface area contributed by atoms with Gasteiger partial charge in [0.25, 0.3) is 0 Å². The Morgan fingerprint density at radius 2 is 1.81 bits per heavy atom. The number of Topliss-reactive ketones (excluding diaryl/α,β-unsaturated/α-hetero) is 1. The molecule has 2 aromatic carbocycles. The van der Waals surface area contributed by atoms with Crippen LogP contribution in [-0.4, -0.2) is 40.2 Å². The number of ether oxygens (including phenoxy) is 1. The van der Waals surface area contributed by atoms with Gasteiger partial charge in [-0.1, -0.05) is 12.5 Å². The Labute approximate surface area is 181 Å². The molecule has 2 N–H and O–H groups in total. The van der Waals surface area contributed by atoms with Gasteiger partial charge in [-0.15, -0.1) is 0 Å². The molecule has 0 unspecified atom stereocenters. The van der Waals surface area contributed by atoms with Crippen LogP contribution < -0.4 is 5.32 Å². The number of aromatic amines is 1. The van der Waals surface area contributed by atoms with Gasteiger partial charge in [-0.05, 0) is 49.9 Å². The van der Waals surface area contributed by atoms with E-state index in [2.05, 4.69) is 20.3 Å². The highest BCUT2D eigenvalue weighted by atomic mass is 19.2. The molecule has 0 spiro atoms. The minimum absolute atomic E-state index is 0.0722. The fourth-order valence-electron chi connectivity index (χ4n) is 4.22. The van der Waals surface area contributed by atoms with E-state index in [1.165, 1.54) is 6.42 Å². The van der Waals surface area contributed by atoms with Crippen molar-refractivity contribution in [3.05, 3.63) is 58.7 Å². The van der Waals surface area contributed by atoms with E-state index in [1.807, 2.05) is 0 Å². The number of aliphatic imine (C=N–C) groups is 1. The second kappa shape index (κ2) is 8.14. The molecule has 0 atom stereocenters. The number of hydrogen-bond acceptors (Lipinski definition) is 5. The van der Waals surface area contributed by atoms with Crippen molar-refractivity contribution in [3.63, 3.8) is 0 Å². The first kappa shape index (κ1) is 20.3. The number of carbonyl (C=O) groups excluding carboxylic acids is 2. The van der Waals surface area contributed by atoms with E-state index in [4.69, 9.17) is 4.74 Å². The van der Waals surface area contributed by atoms with Crippen molar-refractivity contribution in [3.8, 4) is 0 Å². The fraction of sp³-hybridized carbons (Fsp3) is 0.304. The van der Waals surface area contributed by atoms with Gasteiger partial charge in [-0.2, -0.15) is 0 Å². The van der Waals surface area contributed by atoms with E-state index in [0.717, 1.165) is 37.8 Å². The van der Waals surface area contributed by atoms with Gasteiger partial charge in [0.15, 0.2) is 17.4 Å². The lowest BCUT2D eigenvalue weighted by Gasteiger charge is -2.21. The van der Waals surface area contributed by atoms with Gasteiger partial charge >= 0.3 is 6.09 Å². The van der Waals surface area contributed by atoms with Crippen LogP contribution in [0.2, 0.25) is 0 Å². The molecule has 2 aliphatic rings. The molecule has 5 rings (SSSR count). The summed E-state index contributed by atoms with van der Waals surface area (Å²) in [5.74, 6) is -2.24. The molecule has 1 aliphatic heterocycles. The van der Waals surface area contributed by atoms with Gasteiger partial charge in [0, 0.05) is 16.7 Å². The molecule has 32 heavy (non-hydrogen) atoms. The smallest absolute Gasteiger partial charge is 0.414 e. The lowest BCUT2D eigenvalue weighted by Crippen LogP contribution is -2.24. The summed E-state index contributed by atoms with van der Waals surface area (Å²) in [5, 5.41) is 2.62. The lowest BCUT2D eigenvalue weighted by atomic mass is 9.92. The highest BCUT2D eigenvalue weighted by Crippen LogP contribution is 2.26. The predicted octanol–water partition coefficient (Wildman–Crippen LogP) is 4.76. The molecule has 1 fully saturated rings. The highest BCUT2D eigenvalue weighted by molar-refractivity contribution is 6.22. The summed E-state index contributed by atoms with van der Waals surface area (Å²) in [7, 11) is 0. The van der Waals surface area contributed by atoms with Crippen molar-refractivity contribution in [2.24, 2.45) is 4.99 Å². The molecule has 7 nitrogen and oxygen atoms in total. The second-order valence-electron chi connectivity index (χ2n) is 8.01. The van der Waals surface area contributed by atoms with Crippen LogP contribution in [-0.2, 0) is 4.74 Å². The monoisotopic (exact) mass is 438 g/mol. The van der Waals surface area contributed by atoms with Crippen molar-refractivity contribution in [2.75, 3.05) is 11.9 Å². The standard InChI is InChI=1S/C23H20F2N4O3/c24-16-9-14-15(10-17(16)25)21(26-11-20(14)30)12-6-7-18-19(8-12)28-22(27-18)29-23(31)32-13-4-2-1-3-5-13/h6-10,13H,1-5,11H2,(H2,27,28,29,31). The number of anilines is 1. The maximum absolute atomic E-state index is 13.9. The average Bonchev–Trinajstić information content (AvgIpc) is 3.17. The maximum atomic E-state index is 13.9. The summed E-state index contributed by atoms with van der Waals surface area (Å²) < 4.78 is 33.0. The van der Waals surface area contributed by atoms with Crippen LogP contribution in [0.5, 0.6) is 0 Å². The summed E-state index contributed by atoms with van der Waals surface area (Å²) in [6.07, 6.45) is 4.39. The SMILES string of the molecule is O=C(Nc1nc2ccc(C3=NCC(=O)c4cc(F)c(F)cc43)cc2[nH]1)OC1CCCCC1. The number of nitrogens with zero attached hydrogens (tertiary/aromatic N) is 2. The summed E-state index contributed by atoms with van der Waals surface area (Å²) >= 11 is 0. The van der Waals surface area contributed by atoms with Crippen LogP contribution in [0.1, 0.15) is 53.6 Å². The number of hydrogen-bond donors (Lipinski definition) is 2. The maximum Gasteiger partial charge on any atom is 0.414 e. The Balaban J connectivity index is 1.39. The number of benzene rings is 2. The summed E-state index contributed by atoms with van der Waals surface area (Å²) in [4.78, 5) is 35.9. The number of H-pyrrole nitrogens is 1. The first-order valence-electron chi connectivity index (χ1n) is 10.5. The van der Waals surface area contributed by atoms with Crippen molar-refractivity contribution >= 4 is 34.6 Å². The van der Waals surface area contributed by atoms with Crippen LogP contribution in [0.4, 0.5) is 19.5 Å². The zero-order valence-corrected chi connectivity index (χ0v) is 17.1. The van der Waals surface area contributed by atoms with E-state index in [1.54, 1.807) is 18.2 Å². The second-order valence-corrected chi connectivity index (χ2v) is 8.01. The van der Waals surface area contributed by atoms with E-state index in [9.17, 15) is 18.4 Å². The van der Waals surface area contributed by atoms with Crippen LogP contribution >= 0.6 is 0 Å². The molecule has 0 saturated heterocycles. The van der Waals surface area contributed by atoms with E-state index < -0.39 is 17.7 Å². The van der Waals surface area contributed by atoms with Gasteiger partial charge in [-0.25, -0.2) is 18.6 Å². The molecule has 2 heterocycles. The van der Waals surface area contributed by atoms with Crippen LogP contribution in [0.25, 0.3) is 11.0 Å². The zero-order valence-electron chi connectivity index (χ0n) is 17.1. The third-order valence-electron chi connectivity index (χ3n) is 5.80. The van der Waals surface area contributed by atoms with Crippen molar-refractivity contribution in [1.82, 2.24) is 9.97 Å². The molecule has 164 valence electrons. The van der Waals surface area contributed by atoms with E-state index in [0.29, 0.717) is 22.3 Å². The number of carbonyl (C=O) groups is 2. The first-order valence-corrected chi connectivity index (χ1v) is 10.5. The molecule has 9 heteroatoms. The molecule has 3 aromatic rings. The largest absolute Gasteiger partial charge is 0.446 e. The Kier molecular flexibility index (Phi) is 5.16. The normalized spacial score (nSPS) is 16.6. The molecule has 1 aliphatic carbocycles. The number of rotatable bonds is 3. The van der Waals surface area contributed by atoms with E-state index >= 15 is 0 Å². The number of fused-ring (bicyclic) bond motifs is 2. The topological polar surface area (TPSA) is 96.4 Å². The minimum atomic E-state index is -1.07. The predicted molar refractivity (Wildman–Crippen MR) is 114 cm³/mol. The number of ketones is 1. The fourth-order valence-corrected chi connectivity index (χ4v) is 4.22. The minimum Gasteiger partial charge on any atom is -0.446 e. The third kappa shape index (κ3) is 3.86. The lowest BCUT2D eigenvalue weighted by molar-refractivity contribution is 0.0863. The Morgan fingerprint density at radius 1 is 1.06 bits per heavy atom. The van der Waals surface area contributed by atoms with Gasteiger partial charge < -0.3 is 9.72 Å². The van der Waals surface area contributed by atoms with Gasteiger partial charge in [0.1, 0.15) is 12.6 Å². The summed E-state index contributed by atoms with van der Waals surface area (Å²) in [6, 6.07) is 7.09. The molecule has 1 amide bonds. The van der Waals surface area contributed by atoms with Gasteiger partial charge in [0.2, 0.25) is 5.95 Å². The molecule has 0 bridgehead atoms. The number of nitrogens with one attached hydrogen (secondary N) is 2. The number of halogens is 2. The molecular weight excluding hydrogens is 418 g/mol. The molecule has 1 saturated carbocycles. The van der Waals surface area contributed by atoms with E-state index in [-0.39, 0.29) is 35.5 Å². The number of amides is 1. The highest BCUT2D eigenvalue weighted by Gasteiger charge is 2.25. The van der Waals surface area contributed by atoms with Crippen LogP contribution in [0, 0.1) is 11.6 Å². The molecule has 1 aromatic heterocycles. The third-order valence-corrected chi connectivity index (χ3v) is 5.80. The zero-order chi connectivity index (χ0) is 22.2. The van der Waals surface area contributed by atoms with Gasteiger partial charge in [-0.3, -0.25) is 15.1 Å². The van der Waals surface area contributed by atoms with Crippen molar-refractivity contribution in [1.29, 1.82) is 0 Å². The Bertz CT molecular complexity index is 1260. The molecule has 0 radical (unpaired) electrons. The first-order chi connectivity index (χ1) is 15.5. The van der Waals surface area contributed by atoms with Crippen molar-refractivity contribution < 1.29 is 23.1 Å². The average molecular weight is 438 g/mol. The Hall–Kier alpha value is -3.62. The molecular formula is C23H20F2N4O3. The Morgan fingerprint density at radius 3 is 2.59 bits per heavy atom. The summed E-state index contributed by atoms with van der Waals surface area (Å²) in [5.41, 5.74) is 2.55. The van der Waals surface area contributed by atoms with Crippen LogP contribution in [0.3, 0.4) is 0 Å². The number of imidazole rings is 1. The quantitative estimate of drug-likeness (QED) is 0.616.